The number of rotatable bonds is 4. The van der Waals surface area contributed by atoms with E-state index in [1.165, 1.54) is 0 Å². The van der Waals surface area contributed by atoms with E-state index in [2.05, 4.69) is 0 Å². The highest BCUT2D eigenvalue weighted by atomic mass is 19.4. The van der Waals surface area contributed by atoms with Gasteiger partial charge in [-0.05, 0) is 35.4 Å². The fraction of sp³-hybridized carbons (Fsp3) is 0.0476. The first kappa shape index (κ1) is 18.4. The van der Waals surface area contributed by atoms with Gasteiger partial charge in [0.05, 0.1) is 21.6 Å². The molecule has 0 radical (unpaired) electrons. The first-order valence-electron chi connectivity index (χ1n) is 8.05. The Morgan fingerprint density at radius 2 is 1.15 bits per heavy atom. The number of alkyl halides is 3. The maximum Gasteiger partial charge on any atom is 0.416 e. The van der Waals surface area contributed by atoms with Crippen molar-refractivity contribution in [2.45, 2.75) is 6.18 Å². The summed E-state index contributed by atoms with van der Waals surface area (Å²) in [6.07, 6.45) is -4.50. The second-order valence-electron chi connectivity index (χ2n) is 5.79. The predicted octanol–water partition coefficient (Wildman–Crippen LogP) is 5.90. The highest BCUT2D eigenvalue weighted by Gasteiger charge is 2.31. The van der Waals surface area contributed by atoms with Crippen molar-refractivity contribution in [3.63, 3.8) is 0 Å². The summed E-state index contributed by atoms with van der Waals surface area (Å²) in [7, 11) is 0. The summed E-state index contributed by atoms with van der Waals surface area (Å²) in [6.45, 7) is 0. The van der Waals surface area contributed by atoms with E-state index in [-0.39, 0.29) is 11.3 Å². The molecule has 3 aromatic carbocycles. The monoisotopic (exact) mass is 369 g/mol. The van der Waals surface area contributed by atoms with Gasteiger partial charge in [0.15, 0.2) is 0 Å². The smallest absolute Gasteiger partial charge is 0.258 e. The lowest BCUT2D eigenvalue weighted by molar-refractivity contribution is -0.374. The number of nitrogens with zero attached hydrogens (tertiary/aromatic N) is 1. The molecule has 0 fully saturated rings. The molecule has 0 atom stereocenters. The molecule has 6 heteroatoms. The molecule has 0 unspecified atom stereocenters. The molecule has 0 bridgehead atoms. The Balaban J connectivity index is 2.26. The fourth-order valence-electron chi connectivity index (χ4n) is 2.81. The van der Waals surface area contributed by atoms with Crippen LogP contribution in [0.2, 0.25) is 0 Å². The molecular weight excluding hydrogens is 355 g/mol. The van der Waals surface area contributed by atoms with Crippen molar-refractivity contribution < 1.29 is 18.1 Å². The molecule has 27 heavy (non-hydrogen) atoms. The van der Waals surface area contributed by atoms with Crippen molar-refractivity contribution in [3.05, 3.63) is 117 Å². The van der Waals surface area contributed by atoms with Gasteiger partial charge in [-0.25, -0.2) is 0 Å². The largest absolute Gasteiger partial charge is 0.416 e. The third-order valence-corrected chi connectivity index (χ3v) is 4.03. The zero-order valence-electron chi connectivity index (χ0n) is 14.0. The van der Waals surface area contributed by atoms with Crippen LogP contribution in [0.15, 0.2) is 84.9 Å². The number of hydrogen-bond acceptors (Lipinski definition) is 2. The molecular formula is C21H14F3NO2. The van der Waals surface area contributed by atoms with E-state index in [1.54, 1.807) is 60.7 Å². The lowest BCUT2D eigenvalue weighted by atomic mass is 9.93. The van der Waals surface area contributed by atoms with Gasteiger partial charge in [-0.3, -0.25) is 10.1 Å². The highest BCUT2D eigenvalue weighted by molar-refractivity contribution is 5.95. The van der Waals surface area contributed by atoms with Crippen LogP contribution in [0.4, 0.5) is 13.2 Å². The second kappa shape index (κ2) is 7.45. The lowest BCUT2D eigenvalue weighted by Gasteiger charge is -2.12. The molecule has 0 amide bonds. The van der Waals surface area contributed by atoms with E-state index in [0.29, 0.717) is 16.7 Å². The zero-order chi connectivity index (χ0) is 19.4. The van der Waals surface area contributed by atoms with E-state index in [4.69, 9.17) is 0 Å². The summed E-state index contributed by atoms with van der Waals surface area (Å²) < 4.78 is 38.5. The predicted molar refractivity (Wildman–Crippen MR) is 97.2 cm³/mol. The van der Waals surface area contributed by atoms with Gasteiger partial charge in [0, 0.05) is 0 Å². The molecule has 0 spiro atoms. The van der Waals surface area contributed by atoms with Crippen molar-refractivity contribution in [2.75, 3.05) is 0 Å². The number of benzene rings is 3. The quantitative estimate of drug-likeness (QED) is 0.326. The van der Waals surface area contributed by atoms with Crippen molar-refractivity contribution in [1.29, 1.82) is 0 Å². The van der Waals surface area contributed by atoms with Crippen LogP contribution in [0.3, 0.4) is 0 Å². The van der Waals surface area contributed by atoms with Gasteiger partial charge in [-0.2, -0.15) is 13.2 Å². The maximum atomic E-state index is 12.8. The van der Waals surface area contributed by atoms with Gasteiger partial charge in [-0.1, -0.05) is 60.7 Å². The minimum atomic E-state index is -4.50. The van der Waals surface area contributed by atoms with Gasteiger partial charge >= 0.3 is 6.18 Å². The van der Waals surface area contributed by atoms with Crippen LogP contribution in [-0.4, -0.2) is 4.92 Å². The summed E-state index contributed by atoms with van der Waals surface area (Å²) in [5, 5.41) is 11.9. The fourth-order valence-corrected chi connectivity index (χ4v) is 2.81. The van der Waals surface area contributed by atoms with E-state index in [1.807, 2.05) is 0 Å². The molecule has 3 aromatic rings. The number of nitro groups is 1. The Labute approximate surface area is 153 Å². The van der Waals surface area contributed by atoms with Gasteiger partial charge < -0.3 is 0 Å². The van der Waals surface area contributed by atoms with Gasteiger partial charge in [-0.15, -0.1) is 0 Å². The summed E-state index contributed by atoms with van der Waals surface area (Å²) in [4.78, 5) is 11.3. The Hall–Kier alpha value is -3.41. The molecule has 136 valence electrons. The van der Waals surface area contributed by atoms with Gasteiger partial charge in [0.1, 0.15) is 0 Å². The van der Waals surface area contributed by atoms with Crippen molar-refractivity contribution in [2.24, 2.45) is 0 Å². The summed E-state index contributed by atoms with van der Waals surface area (Å²) >= 11 is 0. The molecule has 0 heterocycles. The van der Waals surface area contributed by atoms with Gasteiger partial charge in [0.25, 0.3) is 5.70 Å². The highest BCUT2D eigenvalue weighted by Crippen LogP contribution is 2.34. The first-order chi connectivity index (χ1) is 12.9. The summed E-state index contributed by atoms with van der Waals surface area (Å²) in [6, 6.07) is 21.5. The standard InChI is InChI=1S/C21H14F3NO2/c22-21(23,24)18-13-11-17(12-14-18)20(25(26)27)19(15-7-3-1-4-8-15)16-9-5-2-6-10-16/h1-14H. The van der Waals surface area contributed by atoms with Crippen molar-refractivity contribution >= 4 is 11.3 Å². The first-order valence-corrected chi connectivity index (χ1v) is 8.05. The van der Waals surface area contributed by atoms with Crippen LogP contribution in [0.25, 0.3) is 11.3 Å². The molecule has 0 aliphatic rings. The Bertz CT molecular complexity index is 922. The number of hydrogen-bond donors (Lipinski definition) is 0. The average molecular weight is 369 g/mol. The number of halogens is 3. The van der Waals surface area contributed by atoms with E-state index in [9.17, 15) is 23.3 Å². The van der Waals surface area contributed by atoms with Crippen LogP contribution >= 0.6 is 0 Å². The van der Waals surface area contributed by atoms with E-state index in [0.717, 1.165) is 24.3 Å². The van der Waals surface area contributed by atoms with E-state index < -0.39 is 16.7 Å². The minimum Gasteiger partial charge on any atom is -0.258 e. The SMILES string of the molecule is O=[N+]([O-])C(=C(c1ccccc1)c1ccccc1)c1ccc(C(F)(F)F)cc1. The van der Waals surface area contributed by atoms with Gasteiger partial charge in [0.2, 0.25) is 0 Å². The van der Waals surface area contributed by atoms with Crippen LogP contribution in [0, 0.1) is 10.1 Å². The molecule has 0 N–H and O–H groups in total. The zero-order valence-corrected chi connectivity index (χ0v) is 14.0. The third-order valence-electron chi connectivity index (χ3n) is 4.03. The average Bonchev–Trinajstić information content (AvgIpc) is 2.66. The van der Waals surface area contributed by atoms with Crippen LogP contribution < -0.4 is 0 Å². The maximum absolute atomic E-state index is 12.8. The second-order valence-corrected chi connectivity index (χ2v) is 5.79. The van der Waals surface area contributed by atoms with Crippen LogP contribution in [0.5, 0.6) is 0 Å². The Morgan fingerprint density at radius 1 is 0.704 bits per heavy atom. The molecule has 3 nitrogen and oxygen atoms in total. The minimum absolute atomic E-state index is 0.107. The van der Waals surface area contributed by atoms with Crippen molar-refractivity contribution in [3.8, 4) is 0 Å². The molecule has 3 rings (SSSR count). The van der Waals surface area contributed by atoms with Crippen LogP contribution in [0.1, 0.15) is 22.3 Å². The van der Waals surface area contributed by atoms with Crippen molar-refractivity contribution in [1.82, 2.24) is 0 Å². The molecule has 0 saturated heterocycles. The van der Waals surface area contributed by atoms with Crippen LogP contribution in [-0.2, 0) is 6.18 Å². The summed E-state index contributed by atoms with van der Waals surface area (Å²) in [5.41, 5.74) is 0.568. The lowest BCUT2D eigenvalue weighted by Crippen LogP contribution is -2.07. The molecule has 0 aliphatic heterocycles. The molecule has 0 saturated carbocycles. The topological polar surface area (TPSA) is 43.1 Å². The summed E-state index contributed by atoms with van der Waals surface area (Å²) in [5.74, 6) is 0. The van der Waals surface area contributed by atoms with E-state index >= 15 is 0 Å². The normalized spacial score (nSPS) is 11.1. The Morgan fingerprint density at radius 3 is 1.52 bits per heavy atom. The molecule has 0 aromatic heterocycles. The molecule has 0 aliphatic carbocycles. The Kier molecular flexibility index (Phi) is 5.07. The third kappa shape index (κ3) is 4.06.